The third kappa shape index (κ3) is 3.52. The Morgan fingerprint density at radius 1 is 1.20 bits per heavy atom. The van der Waals surface area contributed by atoms with Gasteiger partial charge in [-0.3, -0.25) is 0 Å². The van der Waals surface area contributed by atoms with Crippen molar-refractivity contribution >= 4 is 29.0 Å². The van der Waals surface area contributed by atoms with Crippen LogP contribution >= 0.6 is 0 Å². The van der Waals surface area contributed by atoms with Gasteiger partial charge in [0.25, 0.3) is 0 Å². The molecule has 0 atom stereocenters. The number of morpholine rings is 1. The molecule has 1 amide bonds. The van der Waals surface area contributed by atoms with Gasteiger partial charge in [0, 0.05) is 39.1 Å². The highest BCUT2D eigenvalue weighted by Gasteiger charge is 2.25. The summed E-state index contributed by atoms with van der Waals surface area (Å²) >= 11 is 0. The van der Waals surface area contributed by atoms with E-state index in [1.807, 2.05) is 6.33 Å². The van der Waals surface area contributed by atoms with Gasteiger partial charge in [0.1, 0.15) is 0 Å². The highest BCUT2D eigenvalue weighted by molar-refractivity contribution is 5.86. The van der Waals surface area contributed by atoms with Gasteiger partial charge in [-0.1, -0.05) is 0 Å². The summed E-state index contributed by atoms with van der Waals surface area (Å²) in [6, 6.07) is 0. The van der Waals surface area contributed by atoms with E-state index in [1.165, 1.54) is 19.9 Å². The van der Waals surface area contributed by atoms with Crippen molar-refractivity contribution < 1.29 is 14.6 Å². The van der Waals surface area contributed by atoms with Crippen LogP contribution in [0.5, 0.6) is 0 Å². The predicted octanol–water partition coefficient (Wildman–Crippen LogP) is 1.64. The van der Waals surface area contributed by atoms with Crippen LogP contribution < -0.4 is 9.80 Å². The van der Waals surface area contributed by atoms with E-state index in [0.717, 1.165) is 41.5 Å². The highest BCUT2D eigenvalue weighted by atomic mass is 16.5. The van der Waals surface area contributed by atoms with Crippen molar-refractivity contribution in [3.05, 3.63) is 18.7 Å². The Morgan fingerprint density at radius 3 is 2.60 bits per heavy atom. The molecule has 2 aliphatic rings. The maximum atomic E-state index is 11.1. The van der Waals surface area contributed by atoms with Crippen molar-refractivity contribution in [2.45, 2.75) is 19.4 Å². The lowest BCUT2D eigenvalue weighted by Gasteiger charge is -2.28. The van der Waals surface area contributed by atoms with Crippen molar-refractivity contribution in [1.82, 2.24) is 29.5 Å². The Hall–Kier alpha value is -3.34. The minimum atomic E-state index is -1.13. The fourth-order valence-electron chi connectivity index (χ4n) is 3.46. The molecule has 0 aromatic carbocycles. The Kier molecular flexibility index (Phi) is 4.66. The number of nitrogens with zero attached hydrogens (tertiary/aromatic N) is 8. The summed E-state index contributed by atoms with van der Waals surface area (Å²) in [6.45, 7) is 3.65. The minimum Gasteiger partial charge on any atom is -0.465 e. The number of carboxylic acid groups (broad SMARTS) is 1. The van der Waals surface area contributed by atoms with Gasteiger partial charge in [-0.2, -0.15) is 0 Å². The molecule has 156 valence electrons. The van der Waals surface area contributed by atoms with Gasteiger partial charge in [0.15, 0.2) is 22.8 Å². The highest BCUT2D eigenvalue weighted by Crippen LogP contribution is 2.33. The number of anilines is 2. The van der Waals surface area contributed by atoms with Crippen molar-refractivity contribution in [2.24, 2.45) is 5.92 Å². The SMILES string of the molecule is CN(C(=O)O)c1ncc(-c2nc(N3CCOCC3)c3ncn(CC4CC4)c3n2)cn1. The molecular weight excluding hydrogens is 388 g/mol. The Labute approximate surface area is 172 Å². The Bertz CT molecular complexity index is 1070. The molecule has 1 aliphatic carbocycles. The van der Waals surface area contributed by atoms with E-state index < -0.39 is 6.09 Å². The van der Waals surface area contributed by atoms with Crippen molar-refractivity contribution in [1.29, 1.82) is 0 Å². The smallest absolute Gasteiger partial charge is 0.413 e. The number of ether oxygens (including phenoxy) is 1. The van der Waals surface area contributed by atoms with Gasteiger partial charge in [-0.15, -0.1) is 0 Å². The standard InChI is InChI=1S/C19H22N8O3/c1-25(19(28)29)18-20-8-13(9-21-18)15-23-16(26-4-6-30-7-5-26)14-17(24-15)27(11-22-14)10-12-2-3-12/h8-9,11-12H,2-7,10H2,1H3,(H,28,29). The zero-order valence-corrected chi connectivity index (χ0v) is 16.6. The maximum Gasteiger partial charge on any atom is 0.413 e. The van der Waals surface area contributed by atoms with E-state index in [-0.39, 0.29) is 5.95 Å². The molecule has 1 aliphatic heterocycles. The van der Waals surface area contributed by atoms with Crippen molar-refractivity contribution in [3.63, 3.8) is 0 Å². The maximum absolute atomic E-state index is 11.1. The molecule has 0 unspecified atom stereocenters. The van der Waals surface area contributed by atoms with Crippen LogP contribution in [-0.4, -0.2) is 74.0 Å². The first kappa shape index (κ1) is 18.7. The number of carbonyl (C=O) groups is 1. The van der Waals surface area contributed by atoms with E-state index in [4.69, 9.17) is 19.8 Å². The number of fused-ring (bicyclic) bond motifs is 1. The number of amides is 1. The normalized spacial score (nSPS) is 16.8. The molecule has 11 heteroatoms. The number of hydrogen-bond donors (Lipinski definition) is 1. The molecular formula is C19H22N8O3. The number of hydrogen-bond acceptors (Lipinski definition) is 8. The fraction of sp³-hybridized carbons (Fsp3) is 0.474. The first-order chi connectivity index (χ1) is 14.6. The molecule has 1 saturated heterocycles. The second-order valence-corrected chi connectivity index (χ2v) is 7.60. The summed E-state index contributed by atoms with van der Waals surface area (Å²) in [4.78, 5) is 36.7. The summed E-state index contributed by atoms with van der Waals surface area (Å²) in [5.74, 6) is 2.05. The van der Waals surface area contributed by atoms with Gasteiger partial charge in [-0.25, -0.2) is 34.6 Å². The van der Waals surface area contributed by atoms with Gasteiger partial charge in [0.05, 0.1) is 25.1 Å². The van der Waals surface area contributed by atoms with E-state index in [0.29, 0.717) is 30.5 Å². The first-order valence-corrected chi connectivity index (χ1v) is 9.95. The molecule has 30 heavy (non-hydrogen) atoms. The van der Waals surface area contributed by atoms with Crippen LogP contribution in [0.25, 0.3) is 22.6 Å². The zero-order chi connectivity index (χ0) is 20.7. The lowest BCUT2D eigenvalue weighted by atomic mass is 10.3. The van der Waals surface area contributed by atoms with Crippen LogP contribution in [0.1, 0.15) is 12.8 Å². The van der Waals surface area contributed by atoms with Crippen LogP contribution in [0.3, 0.4) is 0 Å². The largest absolute Gasteiger partial charge is 0.465 e. The summed E-state index contributed by atoms with van der Waals surface area (Å²) in [6.07, 6.45) is 6.29. The molecule has 0 spiro atoms. The van der Waals surface area contributed by atoms with E-state index >= 15 is 0 Å². The molecule has 3 aromatic heterocycles. The van der Waals surface area contributed by atoms with Crippen molar-refractivity contribution in [2.75, 3.05) is 43.2 Å². The number of imidazole rings is 1. The molecule has 3 aromatic rings. The predicted molar refractivity (Wildman–Crippen MR) is 109 cm³/mol. The first-order valence-electron chi connectivity index (χ1n) is 9.95. The summed E-state index contributed by atoms with van der Waals surface area (Å²) in [5.41, 5.74) is 2.19. The minimum absolute atomic E-state index is 0.0968. The fourth-order valence-corrected chi connectivity index (χ4v) is 3.46. The van der Waals surface area contributed by atoms with Crippen LogP contribution in [0.15, 0.2) is 18.7 Å². The summed E-state index contributed by atoms with van der Waals surface area (Å²) in [7, 11) is 1.40. The number of rotatable bonds is 5. The molecule has 4 heterocycles. The van der Waals surface area contributed by atoms with Gasteiger partial charge in [-0.05, 0) is 18.8 Å². The van der Waals surface area contributed by atoms with Crippen LogP contribution in [0.2, 0.25) is 0 Å². The third-order valence-electron chi connectivity index (χ3n) is 5.39. The average Bonchev–Trinajstić information content (AvgIpc) is 3.51. The van der Waals surface area contributed by atoms with Crippen LogP contribution in [0, 0.1) is 5.92 Å². The van der Waals surface area contributed by atoms with Crippen molar-refractivity contribution in [3.8, 4) is 11.4 Å². The molecule has 0 bridgehead atoms. The summed E-state index contributed by atoms with van der Waals surface area (Å²) in [5, 5.41) is 9.10. The van der Waals surface area contributed by atoms with Gasteiger partial charge in [0.2, 0.25) is 5.95 Å². The molecule has 5 rings (SSSR count). The van der Waals surface area contributed by atoms with Gasteiger partial charge < -0.3 is 19.3 Å². The molecule has 1 saturated carbocycles. The molecule has 0 radical (unpaired) electrons. The lowest BCUT2D eigenvalue weighted by molar-refractivity contribution is 0.122. The second-order valence-electron chi connectivity index (χ2n) is 7.60. The van der Waals surface area contributed by atoms with Crippen LogP contribution in [-0.2, 0) is 11.3 Å². The third-order valence-corrected chi connectivity index (χ3v) is 5.39. The van der Waals surface area contributed by atoms with E-state index in [9.17, 15) is 4.79 Å². The van der Waals surface area contributed by atoms with Crippen LogP contribution in [0.4, 0.5) is 16.6 Å². The Morgan fingerprint density at radius 2 is 1.93 bits per heavy atom. The van der Waals surface area contributed by atoms with E-state index in [2.05, 4.69) is 24.4 Å². The quantitative estimate of drug-likeness (QED) is 0.669. The van der Waals surface area contributed by atoms with E-state index in [1.54, 1.807) is 12.4 Å². The second kappa shape index (κ2) is 7.48. The molecule has 2 fully saturated rings. The molecule has 11 nitrogen and oxygen atoms in total. The van der Waals surface area contributed by atoms with Gasteiger partial charge >= 0.3 is 6.09 Å². The topological polar surface area (TPSA) is 122 Å². The summed E-state index contributed by atoms with van der Waals surface area (Å²) < 4.78 is 7.58. The molecule has 1 N–H and O–H groups in total. The average molecular weight is 410 g/mol. The number of aromatic nitrogens is 6. The lowest BCUT2D eigenvalue weighted by Crippen LogP contribution is -2.37. The monoisotopic (exact) mass is 410 g/mol. The zero-order valence-electron chi connectivity index (χ0n) is 16.6. The Balaban J connectivity index is 1.57.